The highest BCUT2D eigenvalue weighted by atomic mass is 16.5. The highest BCUT2D eigenvalue weighted by Gasteiger charge is 2.33. The van der Waals surface area contributed by atoms with Gasteiger partial charge in [0.1, 0.15) is 0 Å². The van der Waals surface area contributed by atoms with Gasteiger partial charge in [0.25, 0.3) is 0 Å². The minimum atomic E-state index is 0.232. The van der Waals surface area contributed by atoms with Crippen LogP contribution in [-0.4, -0.2) is 34.7 Å². The molecule has 0 radical (unpaired) electrons. The lowest BCUT2D eigenvalue weighted by Crippen LogP contribution is -2.31. The van der Waals surface area contributed by atoms with E-state index in [0.29, 0.717) is 5.89 Å². The SMILES string of the molecule is CC1(CN)CCN(Cc2nc(CCc3ccccc3)no2)C1. The number of benzene rings is 1. The molecule has 1 saturated heterocycles. The fraction of sp³-hybridized carbons (Fsp3) is 0.529. The average Bonchev–Trinajstić information content (AvgIpc) is 3.14. The molecule has 0 aliphatic carbocycles. The molecule has 0 bridgehead atoms. The molecule has 1 aliphatic rings. The zero-order valence-electron chi connectivity index (χ0n) is 13.2. The minimum absolute atomic E-state index is 0.232. The maximum Gasteiger partial charge on any atom is 0.240 e. The van der Waals surface area contributed by atoms with Crippen LogP contribution >= 0.6 is 0 Å². The van der Waals surface area contributed by atoms with E-state index in [0.717, 1.165) is 51.3 Å². The Kier molecular flexibility index (Phi) is 4.55. The molecule has 3 rings (SSSR count). The van der Waals surface area contributed by atoms with Crippen molar-refractivity contribution in [3.8, 4) is 0 Å². The first kappa shape index (κ1) is 15.2. The van der Waals surface area contributed by atoms with E-state index in [1.807, 2.05) is 6.07 Å². The van der Waals surface area contributed by atoms with E-state index in [1.165, 1.54) is 5.56 Å². The average molecular weight is 300 g/mol. The summed E-state index contributed by atoms with van der Waals surface area (Å²) in [6.07, 6.45) is 2.89. The summed E-state index contributed by atoms with van der Waals surface area (Å²) in [7, 11) is 0. The zero-order chi connectivity index (χ0) is 15.4. The number of hydrogen-bond donors (Lipinski definition) is 1. The number of aryl methyl sites for hydroxylation is 2. The highest BCUT2D eigenvalue weighted by Crippen LogP contribution is 2.29. The van der Waals surface area contributed by atoms with Gasteiger partial charge in [-0.1, -0.05) is 42.4 Å². The second-order valence-corrected chi connectivity index (χ2v) is 6.57. The summed E-state index contributed by atoms with van der Waals surface area (Å²) >= 11 is 0. The van der Waals surface area contributed by atoms with Gasteiger partial charge in [-0.15, -0.1) is 0 Å². The first-order chi connectivity index (χ1) is 10.7. The molecule has 0 amide bonds. The molecule has 22 heavy (non-hydrogen) atoms. The second kappa shape index (κ2) is 6.58. The lowest BCUT2D eigenvalue weighted by Gasteiger charge is -2.21. The first-order valence-corrected chi connectivity index (χ1v) is 7.95. The molecular formula is C17H24N4O. The maximum absolute atomic E-state index is 5.84. The Bertz CT molecular complexity index is 598. The number of rotatable bonds is 6. The second-order valence-electron chi connectivity index (χ2n) is 6.57. The van der Waals surface area contributed by atoms with Crippen LogP contribution in [0.5, 0.6) is 0 Å². The number of aromatic nitrogens is 2. The van der Waals surface area contributed by atoms with Crippen LogP contribution in [-0.2, 0) is 19.4 Å². The van der Waals surface area contributed by atoms with Gasteiger partial charge in [0.15, 0.2) is 5.82 Å². The maximum atomic E-state index is 5.84. The Morgan fingerprint density at radius 3 is 2.82 bits per heavy atom. The van der Waals surface area contributed by atoms with E-state index in [-0.39, 0.29) is 5.41 Å². The van der Waals surface area contributed by atoms with E-state index >= 15 is 0 Å². The third-order valence-corrected chi connectivity index (χ3v) is 4.48. The van der Waals surface area contributed by atoms with Gasteiger partial charge in [0, 0.05) is 13.0 Å². The zero-order valence-corrected chi connectivity index (χ0v) is 13.2. The van der Waals surface area contributed by atoms with E-state index < -0.39 is 0 Å². The van der Waals surface area contributed by atoms with Gasteiger partial charge in [-0.3, -0.25) is 4.90 Å². The third-order valence-electron chi connectivity index (χ3n) is 4.48. The van der Waals surface area contributed by atoms with Crippen molar-refractivity contribution >= 4 is 0 Å². The molecule has 1 fully saturated rings. The molecule has 1 atom stereocenters. The van der Waals surface area contributed by atoms with Crippen molar-refractivity contribution < 1.29 is 4.52 Å². The fourth-order valence-corrected chi connectivity index (χ4v) is 2.98. The lowest BCUT2D eigenvalue weighted by atomic mass is 9.90. The van der Waals surface area contributed by atoms with Gasteiger partial charge >= 0.3 is 0 Å². The Hall–Kier alpha value is -1.72. The summed E-state index contributed by atoms with van der Waals surface area (Å²) in [6.45, 7) is 5.76. The summed E-state index contributed by atoms with van der Waals surface area (Å²) in [5.74, 6) is 1.50. The molecule has 0 spiro atoms. The molecule has 118 valence electrons. The molecule has 0 saturated carbocycles. The van der Waals surface area contributed by atoms with Gasteiger partial charge in [0.2, 0.25) is 5.89 Å². The molecule has 5 nitrogen and oxygen atoms in total. The third kappa shape index (κ3) is 3.72. The monoisotopic (exact) mass is 300 g/mol. The van der Waals surface area contributed by atoms with Crippen LogP contribution in [0.25, 0.3) is 0 Å². The lowest BCUT2D eigenvalue weighted by molar-refractivity contribution is 0.238. The van der Waals surface area contributed by atoms with Gasteiger partial charge in [-0.2, -0.15) is 4.98 Å². The largest absolute Gasteiger partial charge is 0.338 e. The predicted molar refractivity (Wildman–Crippen MR) is 85.2 cm³/mol. The predicted octanol–water partition coefficient (Wildman–Crippen LogP) is 2.03. The van der Waals surface area contributed by atoms with Gasteiger partial charge in [-0.05, 0) is 36.9 Å². The Morgan fingerprint density at radius 1 is 1.27 bits per heavy atom. The summed E-state index contributed by atoms with van der Waals surface area (Å²) in [5, 5.41) is 4.09. The summed E-state index contributed by atoms with van der Waals surface area (Å²) in [6, 6.07) is 10.4. The summed E-state index contributed by atoms with van der Waals surface area (Å²) in [5.41, 5.74) is 7.38. The van der Waals surface area contributed by atoms with Crippen LogP contribution in [0, 0.1) is 5.41 Å². The molecule has 1 aromatic heterocycles. The molecule has 1 aromatic carbocycles. The quantitative estimate of drug-likeness (QED) is 0.884. The van der Waals surface area contributed by atoms with Crippen LogP contribution in [0.1, 0.15) is 30.6 Å². The highest BCUT2D eigenvalue weighted by molar-refractivity contribution is 5.15. The van der Waals surface area contributed by atoms with Gasteiger partial charge in [0.05, 0.1) is 6.54 Å². The minimum Gasteiger partial charge on any atom is -0.338 e. The van der Waals surface area contributed by atoms with Crippen molar-refractivity contribution in [1.82, 2.24) is 15.0 Å². The van der Waals surface area contributed by atoms with Crippen LogP contribution in [0.4, 0.5) is 0 Å². The van der Waals surface area contributed by atoms with Crippen LogP contribution in [0.2, 0.25) is 0 Å². The molecule has 2 N–H and O–H groups in total. The first-order valence-electron chi connectivity index (χ1n) is 7.95. The molecule has 2 heterocycles. The Morgan fingerprint density at radius 2 is 2.09 bits per heavy atom. The Labute approximate surface area is 131 Å². The number of nitrogens with two attached hydrogens (primary N) is 1. The van der Waals surface area contributed by atoms with Gasteiger partial charge < -0.3 is 10.3 Å². The topological polar surface area (TPSA) is 68.2 Å². The van der Waals surface area contributed by atoms with Crippen molar-refractivity contribution in [2.45, 2.75) is 32.7 Å². The molecule has 1 unspecified atom stereocenters. The molecule has 5 heteroatoms. The van der Waals surface area contributed by atoms with Gasteiger partial charge in [-0.25, -0.2) is 0 Å². The fourth-order valence-electron chi connectivity index (χ4n) is 2.98. The van der Waals surface area contributed by atoms with E-state index in [9.17, 15) is 0 Å². The molecule has 2 aromatic rings. The van der Waals surface area contributed by atoms with E-state index in [2.05, 4.69) is 46.2 Å². The standard InChI is InChI=1S/C17H24N4O/c1-17(12-18)9-10-21(13-17)11-16-19-15(20-22-16)8-7-14-5-3-2-4-6-14/h2-6H,7-13,18H2,1H3. The summed E-state index contributed by atoms with van der Waals surface area (Å²) < 4.78 is 5.38. The van der Waals surface area contributed by atoms with Crippen molar-refractivity contribution in [2.75, 3.05) is 19.6 Å². The normalized spacial score (nSPS) is 22.3. The van der Waals surface area contributed by atoms with E-state index in [1.54, 1.807) is 0 Å². The number of hydrogen-bond acceptors (Lipinski definition) is 5. The Balaban J connectivity index is 1.51. The molecular weight excluding hydrogens is 276 g/mol. The van der Waals surface area contributed by atoms with Crippen LogP contribution in [0.3, 0.4) is 0 Å². The molecule has 1 aliphatic heterocycles. The summed E-state index contributed by atoms with van der Waals surface area (Å²) in [4.78, 5) is 6.86. The van der Waals surface area contributed by atoms with Crippen molar-refractivity contribution in [3.63, 3.8) is 0 Å². The van der Waals surface area contributed by atoms with Crippen molar-refractivity contribution in [1.29, 1.82) is 0 Å². The van der Waals surface area contributed by atoms with Crippen molar-refractivity contribution in [2.24, 2.45) is 11.1 Å². The van der Waals surface area contributed by atoms with Crippen LogP contribution in [0.15, 0.2) is 34.9 Å². The smallest absolute Gasteiger partial charge is 0.240 e. The number of nitrogens with zero attached hydrogens (tertiary/aromatic N) is 3. The van der Waals surface area contributed by atoms with Crippen molar-refractivity contribution in [3.05, 3.63) is 47.6 Å². The number of likely N-dealkylation sites (tertiary alicyclic amines) is 1. The van der Waals surface area contributed by atoms with E-state index in [4.69, 9.17) is 10.3 Å². The van der Waals surface area contributed by atoms with Crippen LogP contribution < -0.4 is 5.73 Å².